The molecule has 0 saturated carbocycles. The van der Waals surface area contributed by atoms with Gasteiger partial charge in [-0.1, -0.05) is 23.7 Å². The first-order valence-corrected chi connectivity index (χ1v) is 7.30. The number of carbonyl (C=O) groups is 2. The number of esters is 1. The molecule has 1 amide bonds. The van der Waals surface area contributed by atoms with Gasteiger partial charge in [-0.25, -0.2) is 4.79 Å². The molecule has 0 aliphatic carbocycles. The molecule has 1 aliphatic rings. The summed E-state index contributed by atoms with van der Waals surface area (Å²) in [6.45, 7) is 3.19. The molecule has 0 aromatic heterocycles. The molecule has 0 N–H and O–H groups in total. The zero-order chi connectivity index (χ0) is 15.2. The Labute approximate surface area is 128 Å². The highest BCUT2D eigenvalue weighted by molar-refractivity contribution is 6.30. The largest absolute Gasteiger partial charge is 0.466 e. The molecule has 5 nitrogen and oxygen atoms in total. The Hall–Kier alpha value is -1.75. The molecule has 0 spiro atoms. The maximum atomic E-state index is 11.9. The summed E-state index contributed by atoms with van der Waals surface area (Å²) < 4.78 is 10.2. The predicted octanol–water partition coefficient (Wildman–Crippen LogP) is 2.86. The van der Waals surface area contributed by atoms with Crippen molar-refractivity contribution in [2.45, 2.75) is 20.0 Å². The van der Waals surface area contributed by atoms with Gasteiger partial charge in [-0.15, -0.1) is 0 Å². The van der Waals surface area contributed by atoms with E-state index in [1.165, 1.54) is 4.90 Å². The zero-order valence-electron chi connectivity index (χ0n) is 11.9. The van der Waals surface area contributed by atoms with Crippen LogP contribution < -0.4 is 0 Å². The van der Waals surface area contributed by atoms with Crippen molar-refractivity contribution in [2.24, 2.45) is 5.92 Å². The molecule has 1 aromatic rings. The van der Waals surface area contributed by atoms with Crippen LogP contribution in [0.15, 0.2) is 24.3 Å². The summed E-state index contributed by atoms with van der Waals surface area (Å²) in [6, 6.07) is 7.11. The monoisotopic (exact) mass is 311 g/mol. The van der Waals surface area contributed by atoms with Gasteiger partial charge in [-0.2, -0.15) is 0 Å². The van der Waals surface area contributed by atoms with Crippen LogP contribution in [0.3, 0.4) is 0 Å². The molecular formula is C15H18ClNO4. The van der Waals surface area contributed by atoms with Crippen molar-refractivity contribution < 1.29 is 19.1 Å². The fourth-order valence-corrected chi connectivity index (χ4v) is 2.32. The van der Waals surface area contributed by atoms with Crippen molar-refractivity contribution in [1.29, 1.82) is 0 Å². The van der Waals surface area contributed by atoms with Crippen molar-refractivity contribution in [2.75, 3.05) is 19.7 Å². The minimum atomic E-state index is -0.406. The molecule has 21 heavy (non-hydrogen) atoms. The second-order valence-corrected chi connectivity index (χ2v) is 5.30. The number of ether oxygens (including phenoxy) is 2. The molecule has 0 bridgehead atoms. The van der Waals surface area contributed by atoms with Crippen molar-refractivity contribution in [3.05, 3.63) is 34.9 Å². The van der Waals surface area contributed by atoms with E-state index >= 15 is 0 Å². The average molecular weight is 312 g/mol. The highest BCUT2D eigenvalue weighted by Gasteiger charge is 2.32. The SMILES string of the molecule is CCOC(=O)C1CCN(C(=O)OCc2ccc(Cl)cc2)C1. The number of likely N-dealkylation sites (tertiary alicyclic amines) is 1. The average Bonchev–Trinajstić information content (AvgIpc) is 2.96. The zero-order valence-corrected chi connectivity index (χ0v) is 12.6. The molecule has 1 aliphatic heterocycles. The van der Waals surface area contributed by atoms with Crippen LogP contribution in [0.1, 0.15) is 18.9 Å². The first-order valence-electron chi connectivity index (χ1n) is 6.93. The molecular weight excluding hydrogens is 294 g/mol. The van der Waals surface area contributed by atoms with Crippen LogP contribution in [0.2, 0.25) is 5.02 Å². The predicted molar refractivity (Wildman–Crippen MR) is 78.0 cm³/mol. The van der Waals surface area contributed by atoms with E-state index in [4.69, 9.17) is 21.1 Å². The van der Waals surface area contributed by atoms with E-state index in [0.717, 1.165) is 5.56 Å². The van der Waals surface area contributed by atoms with Crippen LogP contribution in [0, 0.1) is 5.92 Å². The van der Waals surface area contributed by atoms with Crippen molar-refractivity contribution >= 4 is 23.7 Å². The Morgan fingerprint density at radius 1 is 1.29 bits per heavy atom. The van der Waals surface area contributed by atoms with Gasteiger partial charge in [0.05, 0.1) is 12.5 Å². The van der Waals surface area contributed by atoms with Crippen LogP contribution in [0.25, 0.3) is 0 Å². The number of amides is 1. The third-order valence-electron chi connectivity index (χ3n) is 3.34. The number of rotatable bonds is 4. The van der Waals surface area contributed by atoms with E-state index in [9.17, 15) is 9.59 Å². The summed E-state index contributed by atoms with van der Waals surface area (Å²) in [6.07, 6.45) is 0.214. The maximum Gasteiger partial charge on any atom is 0.410 e. The summed E-state index contributed by atoms with van der Waals surface area (Å²) in [7, 11) is 0. The normalized spacial score (nSPS) is 17.6. The molecule has 114 valence electrons. The molecule has 1 aromatic carbocycles. The second-order valence-electron chi connectivity index (χ2n) is 4.86. The van der Waals surface area contributed by atoms with Crippen molar-refractivity contribution in [1.82, 2.24) is 4.90 Å². The first-order chi connectivity index (χ1) is 10.1. The molecule has 1 atom stereocenters. The van der Waals surface area contributed by atoms with Crippen LogP contribution in [0.5, 0.6) is 0 Å². The number of hydrogen-bond acceptors (Lipinski definition) is 4. The number of halogens is 1. The van der Waals surface area contributed by atoms with Gasteiger partial charge >= 0.3 is 12.1 Å². The lowest BCUT2D eigenvalue weighted by Gasteiger charge is -2.16. The molecule has 6 heteroatoms. The minimum Gasteiger partial charge on any atom is -0.466 e. The Morgan fingerprint density at radius 3 is 2.67 bits per heavy atom. The van der Waals surface area contributed by atoms with Crippen LogP contribution in [-0.4, -0.2) is 36.7 Å². The van der Waals surface area contributed by atoms with E-state index in [-0.39, 0.29) is 18.5 Å². The first kappa shape index (κ1) is 15.6. The summed E-state index contributed by atoms with van der Waals surface area (Å²) >= 11 is 5.79. The molecule has 2 rings (SSSR count). The Balaban J connectivity index is 1.79. The lowest BCUT2D eigenvalue weighted by molar-refractivity contribution is -0.147. The Kier molecular flexibility index (Phi) is 5.44. The third-order valence-corrected chi connectivity index (χ3v) is 3.59. The fourth-order valence-electron chi connectivity index (χ4n) is 2.20. The summed E-state index contributed by atoms with van der Waals surface area (Å²) in [5, 5.41) is 0.641. The van der Waals surface area contributed by atoms with Gasteiger partial charge < -0.3 is 14.4 Å². The van der Waals surface area contributed by atoms with Gasteiger partial charge in [0.15, 0.2) is 0 Å². The van der Waals surface area contributed by atoms with E-state index in [1.807, 2.05) is 0 Å². The minimum absolute atomic E-state index is 0.191. The fraction of sp³-hybridized carbons (Fsp3) is 0.467. The number of hydrogen-bond donors (Lipinski definition) is 0. The summed E-state index contributed by atoms with van der Waals surface area (Å²) in [5.41, 5.74) is 0.869. The van der Waals surface area contributed by atoms with E-state index in [2.05, 4.69) is 0 Å². The lowest BCUT2D eigenvalue weighted by atomic mass is 10.1. The quantitative estimate of drug-likeness (QED) is 0.802. The number of benzene rings is 1. The van der Waals surface area contributed by atoms with Gasteiger partial charge in [0.2, 0.25) is 0 Å². The highest BCUT2D eigenvalue weighted by Crippen LogP contribution is 2.19. The van der Waals surface area contributed by atoms with Crippen molar-refractivity contribution in [3.63, 3.8) is 0 Å². The number of carbonyl (C=O) groups excluding carboxylic acids is 2. The van der Waals surface area contributed by atoms with Crippen LogP contribution >= 0.6 is 11.6 Å². The van der Waals surface area contributed by atoms with Crippen molar-refractivity contribution in [3.8, 4) is 0 Å². The van der Waals surface area contributed by atoms with Crippen LogP contribution in [-0.2, 0) is 20.9 Å². The van der Waals surface area contributed by atoms with Gasteiger partial charge in [-0.3, -0.25) is 4.79 Å². The molecule has 1 heterocycles. The Morgan fingerprint density at radius 2 is 2.00 bits per heavy atom. The highest BCUT2D eigenvalue weighted by atomic mass is 35.5. The van der Waals surface area contributed by atoms with Gasteiger partial charge in [0, 0.05) is 18.1 Å². The molecule has 1 unspecified atom stereocenters. The maximum absolute atomic E-state index is 11.9. The van der Waals surface area contributed by atoms with E-state index in [1.54, 1.807) is 31.2 Å². The van der Waals surface area contributed by atoms with Crippen LogP contribution in [0.4, 0.5) is 4.79 Å². The standard InChI is InChI=1S/C15H18ClNO4/c1-2-20-14(18)12-7-8-17(9-12)15(19)21-10-11-3-5-13(16)6-4-11/h3-6,12H,2,7-10H2,1H3. The van der Waals surface area contributed by atoms with E-state index in [0.29, 0.717) is 31.1 Å². The Bertz CT molecular complexity index is 503. The van der Waals surface area contributed by atoms with Gasteiger partial charge in [-0.05, 0) is 31.0 Å². The third kappa shape index (κ3) is 4.36. The second kappa shape index (κ2) is 7.31. The van der Waals surface area contributed by atoms with Gasteiger partial charge in [0.25, 0.3) is 0 Å². The smallest absolute Gasteiger partial charge is 0.410 e. The topological polar surface area (TPSA) is 55.8 Å². The molecule has 1 fully saturated rings. The van der Waals surface area contributed by atoms with Gasteiger partial charge in [0.1, 0.15) is 6.61 Å². The lowest BCUT2D eigenvalue weighted by Crippen LogP contribution is -2.30. The molecule has 0 radical (unpaired) electrons. The summed E-state index contributed by atoms with van der Waals surface area (Å²) in [4.78, 5) is 25.1. The number of nitrogens with zero attached hydrogens (tertiary/aromatic N) is 1. The molecule has 1 saturated heterocycles. The summed E-state index contributed by atoms with van der Waals surface area (Å²) in [5.74, 6) is -0.487. The van der Waals surface area contributed by atoms with E-state index < -0.39 is 6.09 Å².